The van der Waals surface area contributed by atoms with Crippen molar-refractivity contribution in [2.45, 2.75) is 12.6 Å². The van der Waals surface area contributed by atoms with E-state index >= 15 is 0 Å². The van der Waals surface area contributed by atoms with E-state index in [1.54, 1.807) is 7.11 Å². The molecule has 0 aliphatic carbocycles. The topological polar surface area (TPSA) is 29.5 Å². The van der Waals surface area contributed by atoms with E-state index in [9.17, 15) is 4.79 Å². The largest absolute Gasteiger partial charge is 0.497 e. The minimum absolute atomic E-state index is 0.0294. The van der Waals surface area contributed by atoms with Crippen molar-refractivity contribution in [1.29, 1.82) is 0 Å². The number of benzene rings is 3. The zero-order valence-corrected chi connectivity index (χ0v) is 13.9. The molecule has 5 rings (SSSR count). The van der Waals surface area contributed by atoms with Crippen LogP contribution in [0.5, 0.6) is 5.75 Å². The molecule has 2 aliphatic heterocycles. The lowest BCUT2D eigenvalue weighted by Gasteiger charge is -2.24. The molecule has 0 fully saturated rings. The molecule has 3 heteroatoms. The normalized spacial score (nSPS) is 17.2. The zero-order valence-electron chi connectivity index (χ0n) is 13.9. The molecule has 1 amide bonds. The minimum atomic E-state index is -0.0294. The van der Waals surface area contributed by atoms with Gasteiger partial charge in [0, 0.05) is 12.1 Å². The minimum Gasteiger partial charge on any atom is -0.497 e. The molecule has 0 spiro atoms. The maximum atomic E-state index is 13.1. The number of ether oxygens (including phenoxy) is 1. The summed E-state index contributed by atoms with van der Waals surface area (Å²) in [6, 6.07) is 22.5. The van der Waals surface area contributed by atoms with Gasteiger partial charge in [0.05, 0.1) is 13.2 Å². The molecule has 1 unspecified atom stereocenters. The lowest BCUT2D eigenvalue weighted by atomic mass is 9.91. The number of hydrogen-bond donors (Lipinski definition) is 0. The van der Waals surface area contributed by atoms with Crippen LogP contribution in [0.2, 0.25) is 0 Å². The van der Waals surface area contributed by atoms with Crippen LogP contribution in [0.3, 0.4) is 0 Å². The fourth-order valence-electron chi connectivity index (χ4n) is 4.12. The van der Waals surface area contributed by atoms with Crippen molar-refractivity contribution < 1.29 is 9.53 Å². The van der Waals surface area contributed by atoms with Crippen LogP contribution < -0.4 is 4.74 Å². The molecule has 0 aromatic heterocycles. The average Bonchev–Trinajstić information content (AvgIpc) is 2.85. The van der Waals surface area contributed by atoms with Gasteiger partial charge in [-0.15, -0.1) is 0 Å². The molecule has 122 valence electrons. The quantitative estimate of drug-likeness (QED) is 0.662. The summed E-state index contributed by atoms with van der Waals surface area (Å²) in [6.07, 6.45) is 0. The third-order valence-electron chi connectivity index (χ3n) is 5.26. The standard InChI is InChI=1S/C22H17NO2/c1-25-15-10-11-16-14(12-15)13-23-21(18-7-3-2-6-17(16)18)19-8-4-5-9-20(19)22(23)24/h2-12,21H,13H2,1H3. The van der Waals surface area contributed by atoms with Crippen molar-refractivity contribution in [3.63, 3.8) is 0 Å². The number of nitrogens with zero attached hydrogens (tertiary/aromatic N) is 1. The summed E-state index contributed by atoms with van der Waals surface area (Å²) in [5.74, 6) is 0.921. The van der Waals surface area contributed by atoms with Gasteiger partial charge in [0.15, 0.2) is 0 Å². The van der Waals surface area contributed by atoms with Gasteiger partial charge < -0.3 is 9.64 Å². The molecule has 25 heavy (non-hydrogen) atoms. The third-order valence-corrected chi connectivity index (χ3v) is 5.26. The number of carbonyl (C=O) groups excluding carboxylic acids is 1. The Morgan fingerprint density at radius 1 is 0.880 bits per heavy atom. The highest BCUT2D eigenvalue weighted by molar-refractivity contribution is 6.00. The number of rotatable bonds is 1. The Balaban J connectivity index is 1.80. The maximum absolute atomic E-state index is 13.1. The SMILES string of the molecule is COc1ccc2c(c1)CN1C(=O)c3ccccc3C1c1ccccc1-2. The van der Waals surface area contributed by atoms with Crippen LogP contribution >= 0.6 is 0 Å². The monoisotopic (exact) mass is 327 g/mol. The predicted molar refractivity (Wildman–Crippen MR) is 96.6 cm³/mol. The number of amides is 1. The van der Waals surface area contributed by atoms with E-state index in [0.717, 1.165) is 22.4 Å². The molecular weight excluding hydrogens is 310 g/mol. The maximum Gasteiger partial charge on any atom is 0.255 e. The summed E-state index contributed by atoms with van der Waals surface area (Å²) in [6.45, 7) is 0.583. The van der Waals surface area contributed by atoms with Gasteiger partial charge in [-0.2, -0.15) is 0 Å². The van der Waals surface area contributed by atoms with E-state index in [1.807, 2.05) is 35.2 Å². The van der Waals surface area contributed by atoms with E-state index in [4.69, 9.17) is 4.74 Å². The molecule has 3 nitrogen and oxygen atoms in total. The first-order valence-electron chi connectivity index (χ1n) is 8.44. The van der Waals surface area contributed by atoms with Gasteiger partial charge in [0.2, 0.25) is 0 Å². The molecule has 3 aromatic carbocycles. The van der Waals surface area contributed by atoms with Crippen LogP contribution in [0.25, 0.3) is 11.1 Å². The van der Waals surface area contributed by atoms with Crippen molar-refractivity contribution in [3.8, 4) is 16.9 Å². The molecule has 2 heterocycles. The smallest absolute Gasteiger partial charge is 0.255 e. The van der Waals surface area contributed by atoms with Crippen molar-refractivity contribution in [2.75, 3.05) is 7.11 Å². The fraction of sp³-hybridized carbons (Fsp3) is 0.136. The summed E-state index contributed by atoms with van der Waals surface area (Å²) in [7, 11) is 1.67. The van der Waals surface area contributed by atoms with E-state index in [1.165, 1.54) is 16.7 Å². The Kier molecular flexibility index (Phi) is 2.98. The van der Waals surface area contributed by atoms with Gasteiger partial charge in [-0.1, -0.05) is 48.5 Å². The highest BCUT2D eigenvalue weighted by Gasteiger charge is 2.40. The van der Waals surface area contributed by atoms with Gasteiger partial charge in [-0.05, 0) is 46.0 Å². The second-order valence-electron chi connectivity index (χ2n) is 6.53. The zero-order chi connectivity index (χ0) is 17.0. The highest BCUT2D eigenvalue weighted by Crippen LogP contribution is 2.46. The number of fused-ring (bicyclic) bond motifs is 7. The molecule has 3 aromatic rings. The summed E-state index contributed by atoms with van der Waals surface area (Å²) in [4.78, 5) is 15.0. The molecule has 0 bridgehead atoms. The third kappa shape index (κ3) is 1.96. The van der Waals surface area contributed by atoms with E-state index in [-0.39, 0.29) is 11.9 Å². The summed E-state index contributed by atoms with van der Waals surface area (Å²) in [5.41, 5.74) is 6.58. The summed E-state index contributed by atoms with van der Waals surface area (Å²) < 4.78 is 5.41. The first-order chi connectivity index (χ1) is 12.3. The number of methoxy groups -OCH3 is 1. The molecular formula is C22H17NO2. The van der Waals surface area contributed by atoms with E-state index < -0.39 is 0 Å². The Morgan fingerprint density at radius 2 is 1.56 bits per heavy atom. The van der Waals surface area contributed by atoms with Crippen LogP contribution in [-0.4, -0.2) is 17.9 Å². The summed E-state index contributed by atoms with van der Waals surface area (Å²) >= 11 is 0. The molecule has 2 aliphatic rings. The van der Waals surface area contributed by atoms with Crippen molar-refractivity contribution in [2.24, 2.45) is 0 Å². The van der Waals surface area contributed by atoms with Crippen LogP contribution in [0.1, 0.15) is 33.1 Å². The van der Waals surface area contributed by atoms with Gasteiger partial charge in [-0.3, -0.25) is 4.79 Å². The van der Waals surface area contributed by atoms with Crippen LogP contribution in [-0.2, 0) is 6.54 Å². The van der Waals surface area contributed by atoms with Crippen molar-refractivity contribution in [1.82, 2.24) is 4.90 Å². The van der Waals surface area contributed by atoms with Gasteiger partial charge in [-0.25, -0.2) is 0 Å². The number of carbonyl (C=O) groups is 1. The van der Waals surface area contributed by atoms with Crippen molar-refractivity contribution >= 4 is 5.91 Å². The Hall–Kier alpha value is -3.07. The van der Waals surface area contributed by atoms with E-state index in [0.29, 0.717) is 6.54 Å². The highest BCUT2D eigenvalue weighted by atomic mass is 16.5. The van der Waals surface area contributed by atoms with Gasteiger partial charge in [0.1, 0.15) is 5.75 Å². The molecule has 0 saturated heterocycles. The summed E-state index contributed by atoms with van der Waals surface area (Å²) in [5, 5.41) is 0. The number of hydrogen-bond acceptors (Lipinski definition) is 2. The van der Waals surface area contributed by atoms with E-state index in [2.05, 4.69) is 36.4 Å². The first-order valence-corrected chi connectivity index (χ1v) is 8.44. The Bertz CT molecular complexity index is 1010. The lowest BCUT2D eigenvalue weighted by Crippen LogP contribution is -2.27. The second-order valence-corrected chi connectivity index (χ2v) is 6.53. The van der Waals surface area contributed by atoms with Crippen LogP contribution in [0, 0.1) is 0 Å². The van der Waals surface area contributed by atoms with Gasteiger partial charge in [0.25, 0.3) is 5.91 Å². The average molecular weight is 327 g/mol. The Morgan fingerprint density at radius 3 is 2.32 bits per heavy atom. The Labute approximate surface area is 146 Å². The lowest BCUT2D eigenvalue weighted by molar-refractivity contribution is 0.0738. The van der Waals surface area contributed by atoms with Crippen LogP contribution in [0.4, 0.5) is 0 Å². The molecule has 0 saturated carbocycles. The first kappa shape index (κ1) is 14.3. The predicted octanol–water partition coefficient (Wildman–Crippen LogP) is 4.42. The molecule has 0 radical (unpaired) electrons. The van der Waals surface area contributed by atoms with Crippen molar-refractivity contribution in [3.05, 3.63) is 89.0 Å². The molecule has 1 atom stereocenters. The molecule has 0 N–H and O–H groups in total. The second kappa shape index (κ2) is 5.21. The fourth-order valence-corrected chi connectivity index (χ4v) is 4.12. The van der Waals surface area contributed by atoms with Gasteiger partial charge >= 0.3 is 0 Å². The van der Waals surface area contributed by atoms with Crippen LogP contribution in [0.15, 0.2) is 66.7 Å².